The van der Waals surface area contributed by atoms with Gasteiger partial charge in [-0.1, -0.05) is 36.4 Å². The Labute approximate surface area is 203 Å². The van der Waals surface area contributed by atoms with E-state index in [0.717, 1.165) is 33.5 Å². The van der Waals surface area contributed by atoms with Crippen LogP contribution in [0.5, 0.6) is 11.5 Å². The Kier molecular flexibility index (Phi) is 5.94. The van der Waals surface area contributed by atoms with Crippen molar-refractivity contribution < 1.29 is 9.47 Å². The highest BCUT2D eigenvalue weighted by Gasteiger charge is 2.20. The van der Waals surface area contributed by atoms with Gasteiger partial charge >= 0.3 is 0 Å². The second kappa shape index (κ2) is 9.35. The van der Waals surface area contributed by atoms with Gasteiger partial charge in [-0.3, -0.25) is 14.9 Å². The first-order valence-electron chi connectivity index (χ1n) is 11.3. The summed E-state index contributed by atoms with van der Waals surface area (Å²) in [5, 5.41) is 5.44. The SMILES string of the molecule is COc1ccc(-c2[nH]n(-c3ccc(OC)cc3)c(=O)c2C(C)=Nc2cccc3ccccc23)cc1. The normalized spacial score (nSPS) is 11.6. The fourth-order valence-corrected chi connectivity index (χ4v) is 4.19. The number of rotatable bonds is 6. The Morgan fingerprint density at radius 3 is 2.11 bits per heavy atom. The topological polar surface area (TPSA) is 68.6 Å². The molecule has 174 valence electrons. The number of hydrogen-bond donors (Lipinski definition) is 1. The molecule has 0 aliphatic heterocycles. The molecule has 5 aromatic rings. The second-order valence-corrected chi connectivity index (χ2v) is 8.12. The smallest absolute Gasteiger partial charge is 0.280 e. The Bertz CT molecular complexity index is 1570. The molecule has 1 heterocycles. The van der Waals surface area contributed by atoms with E-state index in [0.29, 0.717) is 22.7 Å². The summed E-state index contributed by atoms with van der Waals surface area (Å²) < 4.78 is 12.1. The number of methoxy groups -OCH3 is 2. The van der Waals surface area contributed by atoms with Crippen LogP contribution in [0, 0.1) is 0 Å². The molecule has 5 rings (SSSR count). The lowest BCUT2D eigenvalue weighted by molar-refractivity contribution is 0.414. The lowest BCUT2D eigenvalue weighted by atomic mass is 10.0. The zero-order valence-electron chi connectivity index (χ0n) is 19.8. The number of nitrogens with one attached hydrogen (secondary N) is 1. The summed E-state index contributed by atoms with van der Waals surface area (Å²) in [6.07, 6.45) is 0. The number of aliphatic imine (C=N–C) groups is 1. The standard InChI is InChI=1S/C29H25N3O3/c1-19(30-26-10-6-8-20-7-4-5-9-25(20)26)27-28(21-11-15-23(34-2)16-12-21)31-32(29(27)33)22-13-17-24(35-3)18-14-22/h4-18,31H,1-3H3. The van der Waals surface area contributed by atoms with Crippen LogP contribution in [-0.4, -0.2) is 29.7 Å². The molecule has 4 aromatic carbocycles. The molecule has 0 bridgehead atoms. The van der Waals surface area contributed by atoms with Crippen molar-refractivity contribution in [1.82, 2.24) is 9.78 Å². The molecule has 1 N–H and O–H groups in total. The molecule has 6 nitrogen and oxygen atoms in total. The van der Waals surface area contributed by atoms with Gasteiger partial charge in [-0.25, -0.2) is 4.68 Å². The molecule has 6 heteroatoms. The van der Waals surface area contributed by atoms with E-state index in [-0.39, 0.29) is 5.56 Å². The van der Waals surface area contributed by atoms with Crippen molar-refractivity contribution in [1.29, 1.82) is 0 Å². The number of fused-ring (bicyclic) bond motifs is 1. The van der Waals surface area contributed by atoms with E-state index < -0.39 is 0 Å². The summed E-state index contributed by atoms with van der Waals surface area (Å²) in [7, 11) is 3.24. The Morgan fingerprint density at radius 1 is 0.800 bits per heavy atom. The molecular weight excluding hydrogens is 438 g/mol. The summed E-state index contributed by atoms with van der Waals surface area (Å²) in [5.74, 6) is 1.46. The van der Waals surface area contributed by atoms with Gasteiger partial charge in [-0.15, -0.1) is 0 Å². The lowest BCUT2D eigenvalue weighted by Crippen LogP contribution is -2.19. The minimum Gasteiger partial charge on any atom is -0.497 e. The van der Waals surface area contributed by atoms with E-state index in [1.54, 1.807) is 14.2 Å². The van der Waals surface area contributed by atoms with Gasteiger partial charge in [-0.05, 0) is 66.9 Å². The monoisotopic (exact) mass is 463 g/mol. The highest BCUT2D eigenvalue weighted by atomic mass is 16.5. The van der Waals surface area contributed by atoms with Crippen molar-refractivity contribution in [2.24, 2.45) is 4.99 Å². The van der Waals surface area contributed by atoms with Crippen LogP contribution in [0.15, 0.2) is 101 Å². The number of benzene rings is 4. The molecule has 35 heavy (non-hydrogen) atoms. The Balaban J connectivity index is 1.70. The second-order valence-electron chi connectivity index (χ2n) is 8.12. The van der Waals surface area contributed by atoms with Gasteiger partial charge in [0.05, 0.1) is 42.6 Å². The van der Waals surface area contributed by atoms with E-state index in [4.69, 9.17) is 14.5 Å². The first-order chi connectivity index (χ1) is 17.1. The average molecular weight is 464 g/mol. The predicted octanol–water partition coefficient (Wildman–Crippen LogP) is 6.14. The molecule has 0 unspecified atom stereocenters. The largest absolute Gasteiger partial charge is 0.497 e. The van der Waals surface area contributed by atoms with Crippen LogP contribution in [0.1, 0.15) is 12.5 Å². The van der Waals surface area contributed by atoms with Gasteiger partial charge in [0.2, 0.25) is 0 Å². The van der Waals surface area contributed by atoms with Gasteiger partial charge in [0, 0.05) is 10.9 Å². The fraction of sp³-hybridized carbons (Fsp3) is 0.103. The van der Waals surface area contributed by atoms with Crippen LogP contribution < -0.4 is 15.0 Å². The summed E-state index contributed by atoms with van der Waals surface area (Å²) in [5.41, 5.74) is 4.03. The first-order valence-corrected chi connectivity index (χ1v) is 11.3. The molecule has 0 aliphatic rings. The van der Waals surface area contributed by atoms with E-state index in [9.17, 15) is 4.79 Å². The molecule has 0 saturated carbocycles. The molecule has 0 atom stereocenters. The van der Waals surface area contributed by atoms with Crippen molar-refractivity contribution in [2.75, 3.05) is 14.2 Å². The van der Waals surface area contributed by atoms with Crippen molar-refractivity contribution in [3.8, 4) is 28.4 Å². The first kappa shape index (κ1) is 22.2. The minimum absolute atomic E-state index is 0.178. The fourth-order valence-electron chi connectivity index (χ4n) is 4.19. The van der Waals surface area contributed by atoms with Gasteiger partial charge in [0.15, 0.2) is 0 Å². The van der Waals surface area contributed by atoms with Crippen molar-refractivity contribution in [3.63, 3.8) is 0 Å². The third-order valence-corrected chi connectivity index (χ3v) is 6.02. The van der Waals surface area contributed by atoms with E-state index in [1.807, 2.05) is 85.8 Å². The van der Waals surface area contributed by atoms with E-state index in [2.05, 4.69) is 17.2 Å². The van der Waals surface area contributed by atoms with Gasteiger partial charge in [0.1, 0.15) is 11.5 Å². The number of H-pyrrole nitrogens is 1. The maximum Gasteiger partial charge on any atom is 0.280 e. The lowest BCUT2D eigenvalue weighted by Gasteiger charge is -2.06. The van der Waals surface area contributed by atoms with Gasteiger partial charge in [-0.2, -0.15) is 0 Å². The van der Waals surface area contributed by atoms with Crippen LogP contribution in [-0.2, 0) is 0 Å². The van der Waals surface area contributed by atoms with Crippen LogP contribution >= 0.6 is 0 Å². The molecule has 0 spiro atoms. The van der Waals surface area contributed by atoms with Gasteiger partial charge in [0.25, 0.3) is 5.56 Å². The molecule has 0 aliphatic carbocycles. The summed E-state index contributed by atoms with van der Waals surface area (Å²) >= 11 is 0. The Hall–Kier alpha value is -4.58. The summed E-state index contributed by atoms with van der Waals surface area (Å²) in [6.45, 7) is 1.87. The summed E-state index contributed by atoms with van der Waals surface area (Å²) in [6, 6.07) is 29.0. The molecular formula is C29H25N3O3. The van der Waals surface area contributed by atoms with Crippen LogP contribution in [0.2, 0.25) is 0 Å². The van der Waals surface area contributed by atoms with Crippen molar-refractivity contribution in [3.05, 3.63) is 107 Å². The number of nitrogens with zero attached hydrogens (tertiary/aromatic N) is 2. The van der Waals surface area contributed by atoms with Crippen LogP contribution in [0.25, 0.3) is 27.7 Å². The quantitative estimate of drug-likeness (QED) is 0.307. The third-order valence-electron chi connectivity index (χ3n) is 6.02. The molecule has 0 saturated heterocycles. The van der Waals surface area contributed by atoms with Crippen LogP contribution in [0.3, 0.4) is 0 Å². The molecule has 0 fully saturated rings. The minimum atomic E-state index is -0.178. The number of ether oxygens (including phenoxy) is 2. The maximum absolute atomic E-state index is 13.7. The highest BCUT2D eigenvalue weighted by molar-refractivity contribution is 6.06. The number of aromatic nitrogens is 2. The highest BCUT2D eigenvalue weighted by Crippen LogP contribution is 2.29. The molecule has 0 amide bonds. The maximum atomic E-state index is 13.7. The molecule has 1 aromatic heterocycles. The van der Waals surface area contributed by atoms with Gasteiger partial charge < -0.3 is 9.47 Å². The van der Waals surface area contributed by atoms with Crippen molar-refractivity contribution in [2.45, 2.75) is 6.92 Å². The van der Waals surface area contributed by atoms with E-state index >= 15 is 0 Å². The van der Waals surface area contributed by atoms with E-state index in [1.165, 1.54) is 4.68 Å². The number of hydrogen-bond acceptors (Lipinski definition) is 4. The van der Waals surface area contributed by atoms with Crippen LogP contribution in [0.4, 0.5) is 5.69 Å². The predicted molar refractivity (Wildman–Crippen MR) is 141 cm³/mol. The molecule has 0 radical (unpaired) electrons. The number of aromatic amines is 1. The Morgan fingerprint density at radius 2 is 1.43 bits per heavy atom. The summed E-state index contributed by atoms with van der Waals surface area (Å²) in [4.78, 5) is 18.6. The van der Waals surface area contributed by atoms with Crippen molar-refractivity contribution >= 4 is 22.2 Å². The zero-order valence-corrected chi connectivity index (χ0v) is 19.8. The average Bonchev–Trinajstić information content (AvgIpc) is 3.26. The zero-order chi connectivity index (χ0) is 24.4. The third kappa shape index (κ3) is 4.22.